The zero-order valence-corrected chi connectivity index (χ0v) is 11.2. The lowest BCUT2D eigenvalue weighted by Crippen LogP contribution is -2.10. The van der Waals surface area contributed by atoms with Gasteiger partial charge in [-0.15, -0.1) is 0 Å². The molecule has 0 radical (unpaired) electrons. The molecular formula is C13H8BrNO4. The number of carbonyl (C=O) groups excluding carboxylic acids is 1. The second-order valence-electron chi connectivity index (χ2n) is 3.60. The molecule has 2 rings (SSSR count). The normalized spacial score (nSPS) is 9.95. The largest absolute Gasteiger partial charge is 0.423 e. The Balaban J connectivity index is 2.30. The van der Waals surface area contributed by atoms with Gasteiger partial charge in [-0.2, -0.15) is 0 Å². The van der Waals surface area contributed by atoms with Gasteiger partial charge in [-0.3, -0.25) is 10.1 Å². The molecule has 0 N–H and O–H groups in total. The Morgan fingerprint density at radius 2 is 1.79 bits per heavy atom. The van der Waals surface area contributed by atoms with Crippen LogP contribution < -0.4 is 4.74 Å². The molecule has 0 amide bonds. The average molecular weight is 322 g/mol. The number of para-hydroxylation sites is 1. The van der Waals surface area contributed by atoms with Crippen LogP contribution in [0.15, 0.2) is 53.0 Å². The van der Waals surface area contributed by atoms with Crippen molar-refractivity contribution >= 4 is 27.6 Å². The highest BCUT2D eigenvalue weighted by atomic mass is 79.9. The van der Waals surface area contributed by atoms with Gasteiger partial charge in [0.25, 0.3) is 5.69 Å². The van der Waals surface area contributed by atoms with Crippen LogP contribution in [0.2, 0.25) is 0 Å². The van der Waals surface area contributed by atoms with Crippen LogP contribution in [0, 0.1) is 10.1 Å². The molecule has 0 fully saturated rings. The summed E-state index contributed by atoms with van der Waals surface area (Å²) in [5, 5.41) is 10.8. The maximum atomic E-state index is 11.9. The van der Waals surface area contributed by atoms with E-state index in [4.69, 9.17) is 4.74 Å². The molecular weight excluding hydrogens is 314 g/mol. The van der Waals surface area contributed by atoms with Crippen molar-refractivity contribution < 1.29 is 14.5 Å². The topological polar surface area (TPSA) is 69.4 Å². The number of rotatable bonds is 3. The number of nitro groups is 1. The monoisotopic (exact) mass is 321 g/mol. The first kappa shape index (κ1) is 13.2. The van der Waals surface area contributed by atoms with Gasteiger partial charge in [0.2, 0.25) is 0 Å². The first-order valence-corrected chi connectivity index (χ1v) is 6.09. The predicted molar refractivity (Wildman–Crippen MR) is 72.2 cm³/mol. The maximum Gasteiger partial charge on any atom is 0.344 e. The first-order valence-electron chi connectivity index (χ1n) is 5.29. The summed E-state index contributed by atoms with van der Waals surface area (Å²) in [5.41, 5.74) is -0.0689. The van der Waals surface area contributed by atoms with Crippen molar-refractivity contribution in [2.45, 2.75) is 0 Å². The number of nitro benzene ring substituents is 1. The van der Waals surface area contributed by atoms with E-state index in [0.717, 1.165) is 0 Å². The van der Waals surface area contributed by atoms with E-state index in [0.29, 0.717) is 5.75 Å². The minimum atomic E-state index is -0.651. The molecule has 2 aromatic rings. The Kier molecular flexibility index (Phi) is 3.91. The minimum absolute atomic E-state index is 0.109. The highest BCUT2D eigenvalue weighted by Crippen LogP contribution is 2.29. The van der Waals surface area contributed by atoms with Crippen LogP contribution in [0.25, 0.3) is 0 Å². The third kappa shape index (κ3) is 2.97. The summed E-state index contributed by atoms with van der Waals surface area (Å²) in [6.07, 6.45) is 0. The zero-order valence-electron chi connectivity index (χ0n) is 9.58. The number of hydrogen-bond donors (Lipinski definition) is 0. The Morgan fingerprint density at radius 3 is 2.42 bits per heavy atom. The van der Waals surface area contributed by atoms with Crippen molar-refractivity contribution in [3.63, 3.8) is 0 Å². The van der Waals surface area contributed by atoms with Crippen molar-refractivity contribution in [3.8, 4) is 5.75 Å². The molecule has 0 unspecified atom stereocenters. The summed E-state index contributed by atoms with van der Waals surface area (Å²) in [7, 11) is 0. The number of ether oxygens (including phenoxy) is 1. The van der Waals surface area contributed by atoms with Crippen molar-refractivity contribution in [2.75, 3.05) is 0 Å². The van der Waals surface area contributed by atoms with Crippen LogP contribution in [0.1, 0.15) is 10.4 Å². The quantitative estimate of drug-likeness (QED) is 0.375. The number of hydrogen-bond acceptors (Lipinski definition) is 4. The van der Waals surface area contributed by atoms with Gasteiger partial charge in [-0.1, -0.05) is 24.3 Å². The van der Waals surface area contributed by atoms with Crippen molar-refractivity contribution in [3.05, 3.63) is 68.7 Å². The molecule has 0 saturated heterocycles. The number of nitrogens with zero attached hydrogens (tertiary/aromatic N) is 1. The van der Waals surface area contributed by atoms with E-state index in [1.54, 1.807) is 30.3 Å². The van der Waals surface area contributed by atoms with Crippen LogP contribution >= 0.6 is 15.9 Å². The fourth-order valence-electron chi connectivity index (χ4n) is 1.47. The molecule has 0 atom stereocenters. The number of esters is 1. The summed E-state index contributed by atoms with van der Waals surface area (Å²) >= 11 is 3.05. The third-order valence-corrected chi connectivity index (χ3v) is 3.18. The smallest absolute Gasteiger partial charge is 0.344 e. The molecule has 0 saturated carbocycles. The molecule has 6 heteroatoms. The summed E-state index contributed by atoms with van der Waals surface area (Å²) in [6, 6.07) is 12.7. The summed E-state index contributed by atoms with van der Waals surface area (Å²) in [5.74, 6) is -0.271. The molecule has 5 nitrogen and oxygen atoms in total. The average Bonchev–Trinajstić information content (AvgIpc) is 2.39. The molecule has 2 aromatic carbocycles. The molecule has 0 aliphatic rings. The summed E-state index contributed by atoms with van der Waals surface area (Å²) in [6.45, 7) is 0. The van der Waals surface area contributed by atoms with Crippen molar-refractivity contribution in [1.82, 2.24) is 0 Å². The Bertz CT molecular complexity index is 628. The van der Waals surface area contributed by atoms with Gasteiger partial charge in [-0.25, -0.2) is 4.79 Å². The molecule has 19 heavy (non-hydrogen) atoms. The lowest BCUT2D eigenvalue weighted by atomic mass is 10.2. The molecule has 0 bridgehead atoms. The van der Waals surface area contributed by atoms with Crippen LogP contribution in [0.3, 0.4) is 0 Å². The third-order valence-electron chi connectivity index (χ3n) is 2.35. The molecule has 0 aliphatic carbocycles. The van der Waals surface area contributed by atoms with E-state index < -0.39 is 10.9 Å². The fourth-order valence-corrected chi connectivity index (χ4v) is 2.04. The highest BCUT2D eigenvalue weighted by Gasteiger charge is 2.20. The molecule has 96 valence electrons. The van der Waals surface area contributed by atoms with E-state index in [9.17, 15) is 14.9 Å². The van der Waals surface area contributed by atoms with Crippen molar-refractivity contribution in [1.29, 1.82) is 0 Å². The molecule has 0 aliphatic heterocycles. The van der Waals surface area contributed by atoms with Gasteiger partial charge < -0.3 is 4.74 Å². The van der Waals surface area contributed by atoms with Gasteiger partial charge in [-0.05, 0) is 34.1 Å². The van der Waals surface area contributed by atoms with Crippen LogP contribution in [-0.4, -0.2) is 10.9 Å². The van der Waals surface area contributed by atoms with E-state index in [1.807, 2.05) is 0 Å². The van der Waals surface area contributed by atoms with E-state index in [1.165, 1.54) is 18.2 Å². The van der Waals surface area contributed by atoms with E-state index in [2.05, 4.69) is 15.9 Å². The maximum absolute atomic E-state index is 11.9. The predicted octanol–water partition coefficient (Wildman–Crippen LogP) is 3.58. The summed E-state index contributed by atoms with van der Waals surface area (Å²) < 4.78 is 5.24. The molecule has 0 heterocycles. The van der Waals surface area contributed by atoms with Gasteiger partial charge >= 0.3 is 5.97 Å². The highest BCUT2D eigenvalue weighted by molar-refractivity contribution is 9.10. The van der Waals surface area contributed by atoms with Gasteiger partial charge in [0.15, 0.2) is 0 Å². The van der Waals surface area contributed by atoms with Gasteiger partial charge in [0.05, 0.1) is 10.5 Å². The number of benzene rings is 2. The second-order valence-corrected chi connectivity index (χ2v) is 4.39. The van der Waals surface area contributed by atoms with Gasteiger partial charge in [0, 0.05) is 6.07 Å². The molecule has 0 aromatic heterocycles. The lowest BCUT2D eigenvalue weighted by Gasteiger charge is -2.05. The Morgan fingerprint density at radius 1 is 1.11 bits per heavy atom. The van der Waals surface area contributed by atoms with Crippen molar-refractivity contribution in [2.24, 2.45) is 0 Å². The molecule has 0 spiro atoms. The van der Waals surface area contributed by atoms with Crippen LogP contribution in [-0.2, 0) is 0 Å². The standard InChI is InChI=1S/C13H8BrNO4/c14-12-10(7-4-8-11(12)15(17)18)13(16)19-9-5-2-1-3-6-9/h1-8H. The van der Waals surface area contributed by atoms with E-state index >= 15 is 0 Å². The van der Waals surface area contributed by atoms with Gasteiger partial charge in [0.1, 0.15) is 10.2 Å². The Hall–Kier alpha value is -2.21. The lowest BCUT2D eigenvalue weighted by molar-refractivity contribution is -0.385. The second kappa shape index (κ2) is 5.62. The minimum Gasteiger partial charge on any atom is -0.423 e. The summed E-state index contributed by atoms with van der Waals surface area (Å²) in [4.78, 5) is 22.1. The fraction of sp³-hybridized carbons (Fsp3) is 0. The van der Waals surface area contributed by atoms with Crippen LogP contribution in [0.4, 0.5) is 5.69 Å². The van der Waals surface area contributed by atoms with E-state index in [-0.39, 0.29) is 15.7 Å². The number of halogens is 1. The SMILES string of the molecule is O=C(Oc1ccccc1)c1cccc([N+](=O)[O-])c1Br. The van der Waals surface area contributed by atoms with Crippen LogP contribution in [0.5, 0.6) is 5.75 Å². The zero-order chi connectivity index (χ0) is 13.8. The number of carbonyl (C=O) groups is 1. The first-order chi connectivity index (χ1) is 9.09. The Labute approximate surface area is 117 Å².